The Hall–Kier alpha value is -3.72. The van der Waals surface area contributed by atoms with Gasteiger partial charge in [0.2, 0.25) is 0 Å². The zero-order valence-electron chi connectivity index (χ0n) is 16.1. The van der Waals surface area contributed by atoms with Gasteiger partial charge >= 0.3 is 6.03 Å². The van der Waals surface area contributed by atoms with Crippen molar-refractivity contribution >= 4 is 28.7 Å². The molecule has 0 bridgehead atoms. The molecule has 0 fully saturated rings. The van der Waals surface area contributed by atoms with Crippen LogP contribution >= 0.6 is 11.6 Å². The van der Waals surface area contributed by atoms with E-state index in [0.29, 0.717) is 22.4 Å². The van der Waals surface area contributed by atoms with E-state index < -0.39 is 23.2 Å². The molecule has 0 atom stereocenters. The number of aromatic nitrogens is 3. The normalized spacial score (nSPS) is 11.1. The summed E-state index contributed by atoms with van der Waals surface area (Å²) in [5.41, 5.74) is 6.80. The molecule has 31 heavy (non-hydrogen) atoms. The molecule has 4 rings (SSSR count). The quantitative estimate of drug-likeness (QED) is 0.516. The van der Waals surface area contributed by atoms with Crippen molar-refractivity contribution in [1.29, 1.82) is 0 Å². The third-order valence-corrected chi connectivity index (χ3v) is 5.07. The van der Waals surface area contributed by atoms with E-state index in [9.17, 15) is 18.4 Å². The van der Waals surface area contributed by atoms with Crippen molar-refractivity contribution in [2.75, 3.05) is 0 Å². The predicted molar refractivity (Wildman–Crippen MR) is 111 cm³/mol. The van der Waals surface area contributed by atoms with Gasteiger partial charge in [-0.1, -0.05) is 11.6 Å². The molecule has 4 aromatic rings. The van der Waals surface area contributed by atoms with Crippen LogP contribution in [0.3, 0.4) is 0 Å². The van der Waals surface area contributed by atoms with E-state index in [-0.39, 0.29) is 22.9 Å². The predicted octanol–water partition coefficient (Wildman–Crippen LogP) is 3.93. The molecule has 0 unspecified atom stereocenters. The van der Waals surface area contributed by atoms with Crippen LogP contribution in [0.5, 0.6) is 5.75 Å². The van der Waals surface area contributed by atoms with Crippen molar-refractivity contribution in [2.45, 2.75) is 13.5 Å². The van der Waals surface area contributed by atoms with Crippen molar-refractivity contribution in [2.24, 2.45) is 5.73 Å². The highest BCUT2D eigenvalue weighted by Gasteiger charge is 2.16. The van der Waals surface area contributed by atoms with Crippen LogP contribution in [0.1, 0.15) is 11.3 Å². The molecule has 0 saturated carbocycles. The Kier molecular flexibility index (Phi) is 5.20. The fourth-order valence-electron chi connectivity index (χ4n) is 3.22. The summed E-state index contributed by atoms with van der Waals surface area (Å²) in [6.07, 6.45) is 1.30. The van der Waals surface area contributed by atoms with Crippen LogP contribution in [-0.4, -0.2) is 20.1 Å². The molecular weight excluding hydrogens is 430 g/mol. The van der Waals surface area contributed by atoms with Gasteiger partial charge in [-0.3, -0.25) is 13.9 Å². The maximum Gasteiger partial charge on any atom is 0.324 e. The topological polar surface area (TPSA) is 92.1 Å². The number of nitrogens with two attached hydrogens (primary N) is 1. The number of ether oxygens (including phenoxy) is 1. The Morgan fingerprint density at radius 1 is 1.19 bits per heavy atom. The van der Waals surface area contributed by atoms with Crippen molar-refractivity contribution in [3.63, 3.8) is 0 Å². The first kappa shape index (κ1) is 20.5. The average molecular weight is 445 g/mol. The van der Waals surface area contributed by atoms with E-state index in [1.807, 2.05) is 0 Å². The number of fused-ring (bicyclic) bond motifs is 1. The van der Waals surface area contributed by atoms with E-state index >= 15 is 0 Å². The molecule has 2 aromatic heterocycles. The summed E-state index contributed by atoms with van der Waals surface area (Å²) in [6, 6.07) is 8.85. The van der Waals surface area contributed by atoms with Crippen LogP contribution in [0.4, 0.5) is 13.6 Å². The highest BCUT2D eigenvalue weighted by atomic mass is 35.5. The molecule has 1 amide bonds. The van der Waals surface area contributed by atoms with Crippen LogP contribution in [-0.2, 0) is 6.61 Å². The second-order valence-electron chi connectivity index (χ2n) is 6.75. The first-order valence-corrected chi connectivity index (χ1v) is 9.40. The number of hydrogen-bond donors (Lipinski definition) is 1. The van der Waals surface area contributed by atoms with Gasteiger partial charge in [0.25, 0.3) is 5.56 Å². The summed E-state index contributed by atoms with van der Waals surface area (Å²) in [5, 5.41) is -0.198. The second kappa shape index (κ2) is 7.84. The molecule has 10 heteroatoms. The minimum absolute atomic E-state index is 0.0724. The average Bonchev–Trinajstić information content (AvgIpc) is 3.14. The monoisotopic (exact) mass is 444 g/mol. The molecule has 158 valence electrons. The van der Waals surface area contributed by atoms with E-state index in [2.05, 4.69) is 4.98 Å². The number of imidazole rings is 1. The fraction of sp³-hybridized carbons (Fsp3) is 0.0952. The number of halogens is 3. The Morgan fingerprint density at radius 3 is 2.68 bits per heavy atom. The second-order valence-corrected chi connectivity index (χ2v) is 7.13. The number of pyridine rings is 1. The summed E-state index contributed by atoms with van der Waals surface area (Å²) >= 11 is 6.22. The zero-order valence-corrected chi connectivity index (χ0v) is 16.9. The van der Waals surface area contributed by atoms with Crippen molar-refractivity contribution in [3.8, 4) is 11.4 Å². The van der Waals surface area contributed by atoms with Crippen molar-refractivity contribution in [3.05, 3.63) is 87.1 Å². The van der Waals surface area contributed by atoms with Gasteiger partial charge in [-0.15, -0.1) is 0 Å². The van der Waals surface area contributed by atoms with Gasteiger partial charge in [-0.25, -0.2) is 18.6 Å². The first-order valence-electron chi connectivity index (χ1n) is 9.02. The van der Waals surface area contributed by atoms with Crippen LogP contribution in [0, 0.1) is 18.6 Å². The minimum atomic E-state index is -0.759. The lowest BCUT2D eigenvalue weighted by Gasteiger charge is -2.15. The number of amides is 1. The first-order chi connectivity index (χ1) is 14.8. The number of aryl methyl sites for hydroxylation is 1. The van der Waals surface area contributed by atoms with Gasteiger partial charge in [0.15, 0.2) is 0 Å². The Labute approximate surface area is 179 Å². The number of benzene rings is 2. The van der Waals surface area contributed by atoms with Crippen LogP contribution in [0.15, 0.2) is 53.6 Å². The standard InChI is InChI=1S/C21H15ClF2N4O3/c1-11-6-18(31-9-12-2-3-13(23)7-15(12)24)19(22)20(29)28(11)14-4-5-17-16(8-14)26-10-27(17)21(25)30/h2-8,10H,9H2,1H3,(H2,25,30). The SMILES string of the molecule is Cc1cc(OCc2ccc(F)cc2F)c(Cl)c(=O)n1-c1ccc2c(c1)ncn2C(N)=O. The van der Waals surface area contributed by atoms with Gasteiger partial charge in [0, 0.05) is 23.4 Å². The molecule has 0 saturated heterocycles. The van der Waals surface area contributed by atoms with Crippen LogP contribution in [0.2, 0.25) is 5.02 Å². The lowest BCUT2D eigenvalue weighted by molar-refractivity contribution is 0.251. The van der Waals surface area contributed by atoms with E-state index in [0.717, 1.165) is 12.1 Å². The highest BCUT2D eigenvalue weighted by Crippen LogP contribution is 2.26. The number of nitrogens with zero attached hydrogens (tertiary/aromatic N) is 3. The number of rotatable bonds is 4. The summed E-state index contributed by atoms with van der Waals surface area (Å²) in [4.78, 5) is 28.5. The molecular formula is C21H15ClF2N4O3. The molecule has 0 aliphatic rings. The smallest absolute Gasteiger partial charge is 0.324 e. The highest BCUT2D eigenvalue weighted by molar-refractivity contribution is 6.31. The van der Waals surface area contributed by atoms with Crippen LogP contribution < -0.4 is 16.0 Å². The summed E-state index contributed by atoms with van der Waals surface area (Å²) in [6.45, 7) is 1.44. The van der Waals surface area contributed by atoms with Crippen LogP contribution in [0.25, 0.3) is 16.7 Å². The fourth-order valence-corrected chi connectivity index (χ4v) is 3.41. The minimum Gasteiger partial charge on any atom is -0.487 e. The summed E-state index contributed by atoms with van der Waals surface area (Å²) in [7, 11) is 0. The van der Waals surface area contributed by atoms with Gasteiger partial charge in [0.05, 0.1) is 16.7 Å². The largest absolute Gasteiger partial charge is 0.487 e. The third-order valence-electron chi connectivity index (χ3n) is 4.72. The van der Waals surface area contributed by atoms with Crippen molar-refractivity contribution < 1.29 is 18.3 Å². The number of carbonyl (C=O) groups is 1. The van der Waals surface area contributed by atoms with Gasteiger partial charge < -0.3 is 10.5 Å². The van der Waals surface area contributed by atoms with Gasteiger partial charge in [-0.05, 0) is 37.3 Å². The van der Waals surface area contributed by atoms with Gasteiger partial charge in [-0.2, -0.15) is 0 Å². The van der Waals surface area contributed by atoms with Crippen molar-refractivity contribution in [1.82, 2.24) is 14.1 Å². The molecule has 2 heterocycles. The Balaban J connectivity index is 1.69. The number of primary amides is 1. The maximum absolute atomic E-state index is 13.8. The van der Waals surface area contributed by atoms with Gasteiger partial charge in [0.1, 0.15) is 35.3 Å². The lowest BCUT2D eigenvalue weighted by atomic mass is 10.2. The molecule has 0 spiro atoms. The number of carbonyl (C=O) groups excluding carboxylic acids is 1. The van der Waals surface area contributed by atoms with E-state index in [1.165, 1.54) is 27.6 Å². The van der Waals surface area contributed by atoms with E-state index in [4.69, 9.17) is 22.1 Å². The molecule has 2 aromatic carbocycles. The van der Waals surface area contributed by atoms with E-state index in [1.54, 1.807) is 25.1 Å². The molecule has 0 radical (unpaired) electrons. The Morgan fingerprint density at radius 2 is 1.97 bits per heavy atom. The lowest BCUT2D eigenvalue weighted by Crippen LogP contribution is -2.22. The molecule has 7 nitrogen and oxygen atoms in total. The zero-order chi connectivity index (χ0) is 22.3. The maximum atomic E-state index is 13.8. The number of hydrogen-bond acceptors (Lipinski definition) is 4. The third kappa shape index (κ3) is 3.75. The molecule has 0 aliphatic heterocycles. The molecule has 0 aliphatic carbocycles. The molecule has 2 N–H and O–H groups in total. The summed E-state index contributed by atoms with van der Waals surface area (Å²) < 4.78 is 34.9. The summed E-state index contributed by atoms with van der Waals surface area (Å²) in [5.74, 6) is -1.39. The Bertz CT molecular complexity index is 1400.